The number of nitrogens with zero attached hydrogens (tertiary/aromatic N) is 2. The smallest absolute Gasteiger partial charge is 0.343 e. The molecule has 0 saturated heterocycles. The summed E-state index contributed by atoms with van der Waals surface area (Å²) in [5, 5.41) is 10.8. The van der Waals surface area contributed by atoms with Gasteiger partial charge in [-0.15, -0.1) is 6.58 Å². The highest BCUT2D eigenvalue weighted by Crippen LogP contribution is 2.33. The minimum absolute atomic E-state index is 0.0503. The van der Waals surface area contributed by atoms with Gasteiger partial charge in [-0.05, 0) is 42.5 Å². The Bertz CT molecular complexity index is 1330. The van der Waals surface area contributed by atoms with E-state index in [-0.39, 0.29) is 44.2 Å². The van der Waals surface area contributed by atoms with Gasteiger partial charge in [0.05, 0.1) is 32.8 Å². The summed E-state index contributed by atoms with van der Waals surface area (Å²) in [6.45, 7) is 3.50. The minimum Gasteiger partial charge on any atom is -0.423 e. The number of carbonyl (C=O) groups excluding carboxylic acids is 1. The predicted octanol–water partition coefficient (Wildman–Crippen LogP) is 5.50. The van der Waals surface area contributed by atoms with Crippen LogP contribution in [0.5, 0.6) is 5.75 Å². The predicted molar refractivity (Wildman–Crippen MR) is 126 cm³/mol. The van der Waals surface area contributed by atoms with Gasteiger partial charge in [-0.1, -0.05) is 41.4 Å². The van der Waals surface area contributed by atoms with Crippen molar-refractivity contribution >= 4 is 50.6 Å². The van der Waals surface area contributed by atoms with E-state index in [1.54, 1.807) is 18.2 Å². The molecule has 3 rings (SSSR count). The summed E-state index contributed by atoms with van der Waals surface area (Å²) in [7, 11) is -4.25. The van der Waals surface area contributed by atoms with E-state index in [0.29, 0.717) is 0 Å². The van der Waals surface area contributed by atoms with Gasteiger partial charge >= 0.3 is 5.97 Å². The van der Waals surface area contributed by atoms with Gasteiger partial charge in [-0.3, -0.25) is 14.4 Å². The highest BCUT2D eigenvalue weighted by atomic mass is 35.5. The van der Waals surface area contributed by atoms with Crippen molar-refractivity contribution in [2.45, 2.75) is 4.90 Å². The molecule has 33 heavy (non-hydrogen) atoms. The number of anilines is 1. The molecule has 0 atom stereocenters. The number of benzene rings is 3. The standard InChI is InChI=1S/C22H16Cl2N2O6S/c1-2-13-25(20-6-4-3-5-18(20)23)33(30,31)21-14-15(7-12-19(21)24)22(27)32-17-10-8-16(9-11-17)26(28)29/h2-12,14H,1,13H2. The number of para-hydroxylation sites is 1. The lowest BCUT2D eigenvalue weighted by Gasteiger charge is -2.24. The number of esters is 1. The van der Waals surface area contributed by atoms with Crippen molar-refractivity contribution in [1.29, 1.82) is 0 Å². The number of ether oxygens (including phenoxy) is 1. The second-order valence-electron chi connectivity index (χ2n) is 6.56. The molecule has 0 radical (unpaired) electrons. The van der Waals surface area contributed by atoms with Crippen LogP contribution in [0.3, 0.4) is 0 Å². The summed E-state index contributed by atoms with van der Waals surface area (Å²) >= 11 is 12.4. The first-order chi connectivity index (χ1) is 15.6. The van der Waals surface area contributed by atoms with Crippen molar-refractivity contribution < 1.29 is 22.9 Å². The minimum atomic E-state index is -4.25. The first-order valence-electron chi connectivity index (χ1n) is 9.29. The van der Waals surface area contributed by atoms with Crippen LogP contribution in [-0.4, -0.2) is 25.9 Å². The number of nitro groups is 1. The zero-order valence-corrected chi connectivity index (χ0v) is 19.2. The van der Waals surface area contributed by atoms with Crippen LogP contribution >= 0.6 is 23.2 Å². The molecule has 0 unspecified atom stereocenters. The number of halogens is 2. The Morgan fingerprint density at radius 3 is 2.33 bits per heavy atom. The van der Waals surface area contributed by atoms with Gasteiger partial charge < -0.3 is 4.74 Å². The molecule has 170 valence electrons. The zero-order valence-electron chi connectivity index (χ0n) is 16.9. The summed E-state index contributed by atoms with van der Waals surface area (Å²) in [6.07, 6.45) is 1.39. The van der Waals surface area contributed by atoms with Gasteiger partial charge in [0, 0.05) is 12.1 Å². The van der Waals surface area contributed by atoms with Crippen molar-refractivity contribution in [3.63, 3.8) is 0 Å². The van der Waals surface area contributed by atoms with Gasteiger partial charge in [0.25, 0.3) is 15.7 Å². The van der Waals surface area contributed by atoms with E-state index in [2.05, 4.69) is 6.58 Å². The lowest BCUT2D eigenvalue weighted by molar-refractivity contribution is -0.384. The molecule has 3 aromatic carbocycles. The quantitative estimate of drug-likeness (QED) is 0.131. The van der Waals surface area contributed by atoms with E-state index in [1.807, 2.05) is 0 Å². The number of hydrogen-bond acceptors (Lipinski definition) is 6. The zero-order chi connectivity index (χ0) is 24.2. The highest BCUT2D eigenvalue weighted by Gasteiger charge is 2.29. The molecule has 11 heteroatoms. The lowest BCUT2D eigenvalue weighted by atomic mass is 10.2. The van der Waals surface area contributed by atoms with Gasteiger partial charge in [-0.2, -0.15) is 0 Å². The van der Waals surface area contributed by atoms with Crippen LogP contribution in [0.2, 0.25) is 10.0 Å². The second kappa shape index (κ2) is 10.0. The average Bonchev–Trinajstić information content (AvgIpc) is 2.78. The third kappa shape index (κ3) is 5.33. The maximum absolute atomic E-state index is 13.4. The number of rotatable bonds is 8. The molecular formula is C22H16Cl2N2O6S. The van der Waals surface area contributed by atoms with Crippen molar-refractivity contribution in [2.24, 2.45) is 0 Å². The van der Waals surface area contributed by atoms with Crippen molar-refractivity contribution in [2.75, 3.05) is 10.8 Å². The van der Waals surface area contributed by atoms with Crippen molar-refractivity contribution in [3.8, 4) is 5.75 Å². The Labute approximate surface area is 199 Å². The van der Waals surface area contributed by atoms with Crippen LogP contribution in [0.4, 0.5) is 11.4 Å². The van der Waals surface area contributed by atoms with Gasteiger partial charge in [-0.25, -0.2) is 13.2 Å². The van der Waals surface area contributed by atoms with Crippen molar-refractivity contribution in [1.82, 2.24) is 0 Å². The van der Waals surface area contributed by atoms with E-state index >= 15 is 0 Å². The van der Waals surface area contributed by atoms with E-state index < -0.39 is 20.9 Å². The van der Waals surface area contributed by atoms with Crippen LogP contribution in [0.15, 0.2) is 84.3 Å². The monoisotopic (exact) mass is 506 g/mol. The molecule has 0 aliphatic carbocycles. The Morgan fingerprint density at radius 2 is 1.73 bits per heavy atom. The molecule has 3 aromatic rings. The number of carbonyl (C=O) groups is 1. The fourth-order valence-corrected chi connectivity index (χ4v) is 5.09. The molecule has 8 nitrogen and oxygen atoms in total. The molecule has 0 aliphatic heterocycles. The summed E-state index contributed by atoms with van der Waals surface area (Å²) in [4.78, 5) is 22.4. The molecule has 0 heterocycles. The maximum Gasteiger partial charge on any atom is 0.343 e. The first-order valence-corrected chi connectivity index (χ1v) is 11.5. The molecule has 0 N–H and O–H groups in total. The Hall–Kier alpha value is -3.40. The number of non-ortho nitro benzene ring substituents is 1. The second-order valence-corrected chi connectivity index (χ2v) is 9.21. The topological polar surface area (TPSA) is 107 Å². The molecule has 0 amide bonds. The lowest BCUT2D eigenvalue weighted by Crippen LogP contribution is -2.31. The third-order valence-electron chi connectivity index (χ3n) is 4.41. The molecule has 0 saturated carbocycles. The summed E-state index contributed by atoms with van der Waals surface area (Å²) in [6, 6.07) is 14.9. The van der Waals surface area contributed by atoms with E-state index in [1.165, 1.54) is 48.5 Å². The van der Waals surface area contributed by atoms with Gasteiger partial charge in [0.2, 0.25) is 0 Å². The normalized spacial score (nSPS) is 11.0. The van der Waals surface area contributed by atoms with Crippen LogP contribution in [0.1, 0.15) is 10.4 Å². The maximum atomic E-state index is 13.4. The Kier molecular flexibility index (Phi) is 7.37. The van der Waals surface area contributed by atoms with Crippen LogP contribution in [0.25, 0.3) is 0 Å². The molecule has 0 bridgehead atoms. The Balaban J connectivity index is 1.96. The first kappa shape index (κ1) is 24.2. The van der Waals surface area contributed by atoms with Gasteiger partial charge in [0.1, 0.15) is 10.6 Å². The number of nitro benzene ring substituents is 1. The fourth-order valence-electron chi connectivity index (χ4n) is 2.85. The Morgan fingerprint density at radius 1 is 1.06 bits per heavy atom. The van der Waals surface area contributed by atoms with E-state index in [0.717, 1.165) is 10.4 Å². The van der Waals surface area contributed by atoms with Crippen molar-refractivity contribution in [3.05, 3.63) is 105 Å². The highest BCUT2D eigenvalue weighted by molar-refractivity contribution is 7.93. The SMILES string of the molecule is C=CCN(c1ccccc1Cl)S(=O)(=O)c1cc(C(=O)Oc2ccc([N+](=O)[O-])cc2)ccc1Cl. The third-order valence-corrected chi connectivity index (χ3v) is 6.99. The number of hydrogen-bond donors (Lipinski definition) is 0. The van der Waals surface area contributed by atoms with Crippen LogP contribution in [0, 0.1) is 10.1 Å². The summed E-state index contributed by atoms with van der Waals surface area (Å²) in [5.41, 5.74) is -0.0420. The molecule has 0 aromatic heterocycles. The van der Waals surface area contributed by atoms with Gasteiger partial charge in [0.15, 0.2) is 0 Å². The summed E-state index contributed by atoms with van der Waals surface area (Å²) in [5.74, 6) is -0.820. The van der Waals surface area contributed by atoms with Crippen LogP contribution < -0.4 is 9.04 Å². The van der Waals surface area contributed by atoms with E-state index in [4.69, 9.17) is 27.9 Å². The largest absolute Gasteiger partial charge is 0.423 e. The van der Waals surface area contributed by atoms with Crippen LogP contribution in [-0.2, 0) is 10.0 Å². The number of sulfonamides is 1. The average molecular weight is 507 g/mol. The summed E-state index contributed by atoms with van der Waals surface area (Å²) < 4.78 is 33.1. The molecule has 0 fully saturated rings. The van der Waals surface area contributed by atoms with E-state index in [9.17, 15) is 23.3 Å². The molecule has 0 aliphatic rings. The fraction of sp³-hybridized carbons (Fsp3) is 0.0455. The molecular weight excluding hydrogens is 491 g/mol. The molecule has 0 spiro atoms.